The molecule has 0 N–H and O–H groups in total. The number of hydrogen-bond acceptors (Lipinski definition) is 4. The number of hydrogen-bond donors (Lipinski definition) is 0. The topological polar surface area (TPSA) is 42.4 Å². The van der Waals surface area contributed by atoms with E-state index in [-0.39, 0.29) is 0 Å². The van der Waals surface area contributed by atoms with Gasteiger partial charge in [-0.3, -0.25) is 0 Å². The summed E-state index contributed by atoms with van der Waals surface area (Å²) in [4.78, 5) is 19.7. The van der Waals surface area contributed by atoms with Crippen LogP contribution in [-0.4, -0.2) is 22.9 Å². The molecule has 1 amide bonds. The summed E-state index contributed by atoms with van der Waals surface area (Å²) in [5.74, 6) is 0.552. The predicted molar refractivity (Wildman–Crippen MR) is 95.6 cm³/mol. The molecule has 0 aliphatic rings. The molecule has 1 aromatic carbocycles. The normalized spacial score (nSPS) is 11.2. The van der Waals surface area contributed by atoms with Gasteiger partial charge in [-0.05, 0) is 75.9 Å². The van der Waals surface area contributed by atoms with Crippen LogP contribution < -0.4 is 4.90 Å². The Balaban J connectivity index is 2.43. The van der Waals surface area contributed by atoms with Crippen LogP contribution in [-0.2, 0) is 4.74 Å². The van der Waals surface area contributed by atoms with Crippen molar-refractivity contribution < 1.29 is 9.53 Å². The van der Waals surface area contributed by atoms with Crippen molar-refractivity contribution in [3.8, 4) is 0 Å². The highest BCUT2D eigenvalue weighted by Gasteiger charge is 2.25. The van der Waals surface area contributed by atoms with Gasteiger partial charge in [0.25, 0.3) is 0 Å². The number of aryl methyl sites for hydroxylation is 1. The number of anilines is 2. The number of aromatic nitrogens is 1. The number of pyridine rings is 1. The van der Waals surface area contributed by atoms with E-state index in [1.54, 1.807) is 18.0 Å². The third kappa shape index (κ3) is 4.73. The summed E-state index contributed by atoms with van der Waals surface area (Å²) in [5.41, 5.74) is 1.19. The second-order valence-corrected chi connectivity index (χ2v) is 7.08. The maximum atomic E-state index is 12.7. The van der Waals surface area contributed by atoms with Crippen LogP contribution in [0.2, 0.25) is 0 Å². The van der Waals surface area contributed by atoms with Crippen molar-refractivity contribution in [1.29, 1.82) is 0 Å². The van der Waals surface area contributed by atoms with E-state index in [0.29, 0.717) is 5.82 Å². The van der Waals surface area contributed by atoms with Crippen molar-refractivity contribution >= 4 is 29.4 Å². The first-order valence-corrected chi connectivity index (χ1v) is 8.62. The lowest BCUT2D eigenvalue weighted by molar-refractivity contribution is 0.0598. The predicted octanol–water partition coefficient (Wildman–Crippen LogP) is 5.19. The zero-order valence-corrected chi connectivity index (χ0v) is 15.0. The van der Waals surface area contributed by atoms with Crippen molar-refractivity contribution in [3.05, 3.63) is 48.2 Å². The van der Waals surface area contributed by atoms with Crippen LogP contribution >= 0.6 is 11.8 Å². The minimum Gasteiger partial charge on any atom is -0.443 e. The first-order chi connectivity index (χ1) is 10.8. The van der Waals surface area contributed by atoms with E-state index in [1.165, 1.54) is 4.90 Å². The number of amides is 1. The molecule has 122 valence electrons. The van der Waals surface area contributed by atoms with Gasteiger partial charge in [-0.25, -0.2) is 14.7 Å². The van der Waals surface area contributed by atoms with Gasteiger partial charge in [-0.15, -0.1) is 11.8 Å². The smallest absolute Gasteiger partial charge is 0.420 e. The molecule has 0 fully saturated rings. The second-order valence-electron chi connectivity index (χ2n) is 6.21. The van der Waals surface area contributed by atoms with E-state index in [1.807, 2.05) is 70.3 Å². The third-order valence-corrected chi connectivity index (χ3v) is 3.78. The molecule has 0 radical (unpaired) electrons. The van der Waals surface area contributed by atoms with Crippen LogP contribution in [0.5, 0.6) is 0 Å². The van der Waals surface area contributed by atoms with Crippen LogP contribution in [0.15, 0.2) is 47.5 Å². The van der Waals surface area contributed by atoms with Gasteiger partial charge < -0.3 is 4.74 Å². The van der Waals surface area contributed by atoms with Gasteiger partial charge in [0.05, 0.1) is 5.69 Å². The van der Waals surface area contributed by atoms with Crippen molar-refractivity contribution in [1.82, 2.24) is 4.98 Å². The molecule has 0 spiro atoms. The molecular weight excluding hydrogens is 308 g/mol. The number of nitrogens with zero attached hydrogens (tertiary/aromatic N) is 2. The van der Waals surface area contributed by atoms with Gasteiger partial charge in [0.1, 0.15) is 11.4 Å². The molecule has 5 heteroatoms. The van der Waals surface area contributed by atoms with E-state index >= 15 is 0 Å². The molecule has 1 heterocycles. The molecule has 0 saturated carbocycles. The number of carbonyl (C=O) groups excluding carboxylic acids is 1. The lowest BCUT2D eigenvalue weighted by Crippen LogP contribution is -2.34. The zero-order valence-electron chi connectivity index (χ0n) is 14.2. The molecule has 2 rings (SSSR count). The summed E-state index contributed by atoms with van der Waals surface area (Å²) < 4.78 is 5.55. The Bertz CT molecular complexity index is 678. The molecule has 0 atom stereocenters. The molecule has 23 heavy (non-hydrogen) atoms. The maximum Gasteiger partial charge on any atom is 0.420 e. The van der Waals surface area contributed by atoms with E-state index in [2.05, 4.69) is 4.98 Å². The Morgan fingerprint density at radius 1 is 1.17 bits per heavy atom. The lowest BCUT2D eigenvalue weighted by Gasteiger charge is -2.27. The average Bonchev–Trinajstić information content (AvgIpc) is 2.46. The highest BCUT2D eigenvalue weighted by Crippen LogP contribution is 2.28. The molecule has 0 unspecified atom stereocenters. The van der Waals surface area contributed by atoms with Crippen LogP contribution in [0.25, 0.3) is 0 Å². The molecular formula is C18H22N2O2S. The number of thioether (sulfide) groups is 1. The van der Waals surface area contributed by atoms with Crippen molar-refractivity contribution in [2.75, 3.05) is 11.2 Å². The SMILES string of the molecule is CSc1ccc(N(C(=O)OC(C)(C)C)c2cc(C)ccn2)cc1. The van der Waals surface area contributed by atoms with Crippen LogP contribution in [0.3, 0.4) is 0 Å². The van der Waals surface area contributed by atoms with Crippen molar-refractivity contribution in [2.24, 2.45) is 0 Å². The fraction of sp³-hybridized carbons (Fsp3) is 0.333. The number of ether oxygens (including phenoxy) is 1. The molecule has 0 bridgehead atoms. The Hall–Kier alpha value is -2.01. The summed E-state index contributed by atoms with van der Waals surface area (Å²) >= 11 is 1.66. The lowest BCUT2D eigenvalue weighted by atomic mass is 10.2. The molecule has 0 aliphatic heterocycles. The van der Waals surface area contributed by atoms with Crippen LogP contribution in [0, 0.1) is 6.92 Å². The Labute approximate surface area is 141 Å². The first-order valence-electron chi connectivity index (χ1n) is 7.40. The average molecular weight is 330 g/mol. The highest BCUT2D eigenvalue weighted by atomic mass is 32.2. The van der Waals surface area contributed by atoms with E-state index in [0.717, 1.165) is 16.1 Å². The van der Waals surface area contributed by atoms with Gasteiger partial charge in [0, 0.05) is 11.1 Å². The Morgan fingerprint density at radius 2 is 1.83 bits per heavy atom. The van der Waals surface area contributed by atoms with Gasteiger partial charge in [-0.2, -0.15) is 0 Å². The highest BCUT2D eigenvalue weighted by molar-refractivity contribution is 7.98. The van der Waals surface area contributed by atoms with Gasteiger partial charge in [0.15, 0.2) is 0 Å². The van der Waals surface area contributed by atoms with Crippen LogP contribution in [0.4, 0.5) is 16.3 Å². The number of benzene rings is 1. The molecule has 0 aliphatic carbocycles. The third-order valence-electron chi connectivity index (χ3n) is 3.04. The number of carbonyl (C=O) groups is 1. The minimum atomic E-state index is -0.571. The first kappa shape index (κ1) is 17.3. The monoisotopic (exact) mass is 330 g/mol. The van der Waals surface area contributed by atoms with Gasteiger partial charge in [-0.1, -0.05) is 0 Å². The van der Waals surface area contributed by atoms with Crippen molar-refractivity contribution in [3.63, 3.8) is 0 Å². The fourth-order valence-corrected chi connectivity index (χ4v) is 2.42. The fourth-order valence-electron chi connectivity index (χ4n) is 2.01. The van der Waals surface area contributed by atoms with Crippen LogP contribution in [0.1, 0.15) is 26.3 Å². The standard InChI is InChI=1S/C18H22N2O2S/c1-13-10-11-19-16(12-13)20(17(21)22-18(2,3)4)14-6-8-15(23-5)9-7-14/h6-12H,1-5H3. The van der Waals surface area contributed by atoms with Gasteiger partial charge >= 0.3 is 6.09 Å². The molecule has 2 aromatic rings. The van der Waals surface area contributed by atoms with E-state index in [4.69, 9.17) is 4.74 Å². The summed E-state index contributed by atoms with van der Waals surface area (Å²) in [7, 11) is 0. The molecule has 1 aromatic heterocycles. The maximum absolute atomic E-state index is 12.7. The Kier molecular flexibility index (Phi) is 5.31. The summed E-state index contributed by atoms with van der Waals surface area (Å²) in [6.45, 7) is 7.52. The molecule has 4 nitrogen and oxygen atoms in total. The summed E-state index contributed by atoms with van der Waals surface area (Å²) in [6.07, 6.45) is 3.27. The van der Waals surface area contributed by atoms with Crippen molar-refractivity contribution in [2.45, 2.75) is 38.2 Å². The number of rotatable bonds is 3. The largest absolute Gasteiger partial charge is 0.443 e. The Morgan fingerprint density at radius 3 is 2.35 bits per heavy atom. The summed E-state index contributed by atoms with van der Waals surface area (Å²) in [5, 5.41) is 0. The van der Waals surface area contributed by atoms with E-state index < -0.39 is 11.7 Å². The molecule has 0 saturated heterocycles. The summed E-state index contributed by atoms with van der Waals surface area (Å²) in [6, 6.07) is 11.5. The van der Waals surface area contributed by atoms with Gasteiger partial charge in [0.2, 0.25) is 0 Å². The van der Waals surface area contributed by atoms with E-state index in [9.17, 15) is 4.79 Å². The second kappa shape index (κ2) is 7.04. The minimum absolute atomic E-state index is 0.437. The zero-order chi connectivity index (χ0) is 17.0. The quantitative estimate of drug-likeness (QED) is 0.727.